The highest BCUT2D eigenvalue weighted by Gasteiger charge is 2.25. The number of hydrogen-bond donors (Lipinski definition) is 0. The zero-order chi connectivity index (χ0) is 37.1. The lowest BCUT2D eigenvalue weighted by Gasteiger charge is -2.19. The molecule has 12 rings (SSSR count). The summed E-state index contributed by atoms with van der Waals surface area (Å²) in [6.45, 7) is 8.16. The Labute approximate surface area is 319 Å². The molecule has 0 saturated carbocycles. The molecular weight excluding hydrogens is 687 g/mol. The summed E-state index contributed by atoms with van der Waals surface area (Å²) < 4.78 is 13.5. The van der Waals surface area contributed by atoms with Crippen molar-refractivity contribution in [2.45, 2.75) is 0 Å². The molecule has 0 aliphatic carbocycles. The van der Waals surface area contributed by atoms with Crippen LogP contribution in [0.4, 0.5) is 5.69 Å². The fourth-order valence-electron chi connectivity index (χ4n) is 9.20. The molecule has 0 amide bonds. The van der Waals surface area contributed by atoms with Crippen molar-refractivity contribution < 1.29 is 4.42 Å². The molecule has 12 aromatic rings. The van der Waals surface area contributed by atoms with Crippen LogP contribution in [0, 0.1) is 17.9 Å². The highest BCUT2D eigenvalue weighted by molar-refractivity contribution is 6.24. The van der Waals surface area contributed by atoms with Gasteiger partial charge < -0.3 is 18.1 Å². The van der Waals surface area contributed by atoms with Crippen LogP contribution in [0.15, 0.2) is 168 Å². The zero-order valence-corrected chi connectivity index (χ0v) is 29.7. The molecule has 4 heterocycles. The second-order valence-corrected chi connectivity index (χ2v) is 14.3. The van der Waals surface area contributed by atoms with Crippen molar-refractivity contribution >= 4 is 93.0 Å². The van der Waals surface area contributed by atoms with Crippen LogP contribution in [-0.2, 0) is 0 Å². The molecule has 0 radical (unpaired) electrons. The number of nitriles is 1. The molecule has 0 aliphatic heterocycles. The maximum absolute atomic E-state index is 10.9. The van der Waals surface area contributed by atoms with Gasteiger partial charge in [0.05, 0.1) is 62.0 Å². The van der Waals surface area contributed by atoms with E-state index in [2.05, 4.69) is 134 Å². The summed E-state index contributed by atoms with van der Waals surface area (Å²) in [5.74, 6) is 0. The molecule has 0 spiro atoms. The fraction of sp³-hybridized carbons (Fsp3) is 0. The van der Waals surface area contributed by atoms with Crippen LogP contribution in [-0.4, -0.2) is 13.7 Å². The third kappa shape index (κ3) is 3.97. The van der Waals surface area contributed by atoms with E-state index < -0.39 is 0 Å². The first-order chi connectivity index (χ1) is 27.7. The van der Waals surface area contributed by atoms with Crippen molar-refractivity contribution in [3.63, 3.8) is 0 Å². The number of fused-ring (bicyclic) bond motifs is 13. The molecule has 0 atom stereocenters. The van der Waals surface area contributed by atoms with Crippen LogP contribution in [0.25, 0.3) is 109 Å². The average molecular weight is 714 g/mol. The van der Waals surface area contributed by atoms with Gasteiger partial charge in [0.15, 0.2) is 5.69 Å². The molecule has 0 unspecified atom stereocenters. The molecule has 0 fully saturated rings. The van der Waals surface area contributed by atoms with Gasteiger partial charge in [0.25, 0.3) is 0 Å². The van der Waals surface area contributed by atoms with Crippen LogP contribution in [0.3, 0.4) is 0 Å². The van der Waals surface area contributed by atoms with Crippen LogP contribution < -0.4 is 0 Å². The number of hydrogen-bond acceptors (Lipinski definition) is 2. The summed E-state index contributed by atoms with van der Waals surface area (Å²) in [5, 5.41) is 19.5. The molecule has 0 bridgehead atoms. The molecule has 0 saturated heterocycles. The minimum Gasteiger partial charge on any atom is -0.455 e. The molecule has 6 heteroatoms. The summed E-state index contributed by atoms with van der Waals surface area (Å²) in [6, 6.07) is 58.9. The first-order valence-electron chi connectivity index (χ1n) is 18.5. The van der Waals surface area contributed by atoms with Crippen molar-refractivity contribution in [2.75, 3.05) is 0 Å². The molecule has 8 aromatic carbocycles. The predicted octanol–water partition coefficient (Wildman–Crippen LogP) is 13.3. The lowest BCUT2D eigenvalue weighted by molar-refractivity contribution is 0.673. The Morgan fingerprint density at radius 2 is 1.02 bits per heavy atom. The number of aromatic nitrogens is 3. The van der Waals surface area contributed by atoms with Gasteiger partial charge in [0, 0.05) is 43.4 Å². The lowest BCUT2D eigenvalue weighted by atomic mass is 10.1. The molecular formula is C50H27N5O. The van der Waals surface area contributed by atoms with E-state index in [1.165, 1.54) is 10.8 Å². The Kier molecular flexibility index (Phi) is 6.10. The van der Waals surface area contributed by atoms with Gasteiger partial charge in [0.1, 0.15) is 17.2 Å². The Balaban J connectivity index is 1.27. The summed E-state index contributed by atoms with van der Waals surface area (Å²) in [7, 11) is 0. The molecule has 258 valence electrons. The van der Waals surface area contributed by atoms with Gasteiger partial charge in [-0.15, -0.1) is 0 Å². The van der Waals surface area contributed by atoms with Gasteiger partial charge in [0.2, 0.25) is 0 Å². The number of para-hydroxylation sites is 5. The first-order valence-corrected chi connectivity index (χ1v) is 18.5. The smallest absolute Gasteiger partial charge is 0.190 e. The number of nitrogens with zero attached hydrogens (tertiary/aromatic N) is 5. The first kappa shape index (κ1) is 30.4. The zero-order valence-electron chi connectivity index (χ0n) is 29.7. The number of rotatable bonds is 3. The second kappa shape index (κ2) is 11.2. The summed E-state index contributed by atoms with van der Waals surface area (Å²) >= 11 is 0. The van der Waals surface area contributed by atoms with E-state index in [-0.39, 0.29) is 0 Å². The molecule has 0 N–H and O–H groups in total. The van der Waals surface area contributed by atoms with E-state index in [9.17, 15) is 5.26 Å². The van der Waals surface area contributed by atoms with E-state index in [4.69, 9.17) is 11.0 Å². The van der Waals surface area contributed by atoms with Gasteiger partial charge in [-0.2, -0.15) is 5.26 Å². The van der Waals surface area contributed by atoms with E-state index in [1.54, 1.807) is 6.07 Å². The summed E-state index contributed by atoms with van der Waals surface area (Å²) in [5.41, 5.74) is 11.0. The maximum atomic E-state index is 10.9. The van der Waals surface area contributed by atoms with E-state index in [0.717, 1.165) is 88.0 Å². The summed E-state index contributed by atoms with van der Waals surface area (Å²) in [6.07, 6.45) is 0. The van der Waals surface area contributed by atoms with Crippen LogP contribution in [0.2, 0.25) is 0 Å². The number of benzene rings is 8. The Hall–Kier alpha value is -8.06. The van der Waals surface area contributed by atoms with Crippen molar-refractivity contribution in [1.29, 1.82) is 5.26 Å². The Morgan fingerprint density at radius 1 is 0.482 bits per heavy atom. The van der Waals surface area contributed by atoms with Gasteiger partial charge in [-0.25, -0.2) is 4.85 Å². The van der Waals surface area contributed by atoms with E-state index in [1.807, 2.05) is 48.5 Å². The molecule has 4 aromatic heterocycles. The van der Waals surface area contributed by atoms with E-state index in [0.29, 0.717) is 16.9 Å². The maximum Gasteiger partial charge on any atom is 0.190 e. The van der Waals surface area contributed by atoms with Crippen molar-refractivity contribution in [3.8, 4) is 23.1 Å². The van der Waals surface area contributed by atoms with Crippen LogP contribution in [0.1, 0.15) is 5.56 Å². The molecule has 0 aliphatic rings. The standard InChI is InChI=1S/C50H27N5O/c1-52-31-26-30(29-51)49(55-42-19-9-4-14-35(42)36-15-5-10-20-43(36)55)46(27-31)54-44-24-22-32(53-40-17-7-2-12-33(40)34-13-3-8-18-41(34)53)28-39(44)48-45(54)25-23-38-37-16-6-11-21-47(37)56-50(38)48/h2-28H. The van der Waals surface area contributed by atoms with Gasteiger partial charge in [-0.05, 0) is 72.8 Å². The third-order valence-electron chi connectivity index (χ3n) is 11.5. The minimum absolute atomic E-state index is 0.391. The van der Waals surface area contributed by atoms with Crippen molar-refractivity contribution in [1.82, 2.24) is 13.7 Å². The Morgan fingerprint density at radius 3 is 1.62 bits per heavy atom. The summed E-state index contributed by atoms with van der Waals surface area (Å²) in [4.78, 5) is 3.90. The minimum atomic E-state index is 0.391. The largest absolute Gasteiger partial charge is 0.455 e. The van der Waals surface area contributed by atoms with Gasteiger partial charge in [-0.1, -0.05) is 91.0 Å². The van der Waals surface area contributed by atoms with Crippen molar-refractivity contribution in [3.05, 3.63) is 181 Å². The monoisotopic (exact) mass is 713 g/mol. The van der Waals surface area contributed by atoms with Crippen LogP contribution >= 0.6 is 0 Å². The van der Waals surface area contributed by atoms with Gasteiger partial charge in [-0.3, -0.25) is 0 Å². The highest BCUT2D eigenvalue weighted by atomic mass is 16.3. The Bertz CT molecular complexity index is 3640. The van der Waals surface area contributed by atoms with Gasteiger partial charge >= 0.3 is 0 Å². The quantitative estimate of drug-likeness (QED) is 0.171. The third-order valence-corrected chi connectivity index (χ3v) is 11.5. The van der Waals surface area contributed by atoms with E-state index >= 15 is 0 Å². The highest BCUT2D eigenvalue weighted by Crippen LogP contribution is 2.45. The molecule has 6 nitrogen and oxygen atoms in total. The second-order valence-electron chi connectivity index (χ2n) is 14.3. The topological polar surface area (TPSA) is 56.1 Å². The molecule has 56 heavy (non-hydrogen) atoms. The predicted molar refractivity (Wildman–Crippen MR) is 228 cm³/mol. The van der Waals surface area contributed by atoms with Crippen molar-refractivity contribution in [2.24, 2.45) is 0 Å². The SMILES string of the molecule is [C-]#[N+]c1cc(C#N)c(-n2c3ccccc3c3ccccc32)c(-n2c3ccc(-n4c5ccccc5c5ccccc54)cc3c3c4oc5ccccc5c4ccc32)c1. The lowest BCUT2D eigenvalue weighted by Crippen LogP contribution is -2.06. The average Bonchev–Trinajstić information content (AvgIpc) is 3.99. The normalized spacial score (nSPS) is 11.9. The number of furan rings is 1. The fourth-order valence-corrected chi connectivity index (χ4v) is 9.20. The van der Waals surface area contributed by atoms with Crippen LogP contribution in [0.5, 0.6) is 0 Å².